The summed E-state index contributed by atoms with van der Waals surface area (Å²) in [7, 11) is 5.91. The summed E-state index contributed by atoms with van der Waals surface area (Å²) >= 11 is 0. The van der Waals surface area contributed by atoms with E-state index in [0.29, 0.717) is 6.61 Å². The smallest absolute Gasteiger partial charge is 0.246 e. The summed E-state index contributed by atoms with van der Waals surface area (Å²) in [6, 6.07) is 8.33. The largest absolute Gasteiger partial charge is 0.378 e. The average Bonchev–Trinajstić information content (AvgIpc) is 2.94. The van der Waals surface area contributed by atoms with Crippen molar-refractivity contribution in [1.82, 2.24) is 15.1 Å². The number of hydrogen-bond acceptors (Lipinski definition) is 4. The molecule has 136 valence electrons. The van der Waals surface area contributed by atoms with Gasteiger partial charge in [0.15, 0.2) is 0 Å². The zero-order chi connectivity index (χ0) is 18.4. The Morgan fingerprint density at radius 1 is 1.36 bits per heavy atom. The van der Waals surface area contributed by atoms with Crippen molar-refractivity contribution in [3.8, 4) is 0 Å². The van der Waals surface area contributed by atoms with Gasteiger partial charge in [-0.3, -0.25) is 9.48 Å². The van der Waals surface area contributed by atoms with Gasteiger partial charge in [-0.25, -0.2) is 0 Å². The van der Waals surface area contributed by atoms with Crippen LogP contribution in [0.4, 0.5) is 5.69 Å². The Morgan fingerprint density at radius 3 is 2.72 bits per heavy atom. The maximum Gasteiger partial charge on any atom is 0.246 e. The maximum absolute atomic E-state index is 12.0. The van der Waals surface area contributed by atoms with Crippen molar-refractivity contribution in [2.24, 2.45) is 7.05 Å². The fraction of sp³-hybridized carbons (Fsp3) is 0.474. The van der Waals surface area contributed by atoms with Crippen LogP contribution in [-0.2, 0) is 29.6 Å². The number of carbonyl (C=O) groups is 1. The molecule has 1 atom stereocenters. The summed E-state index contributed by atoms with van der Waals surface area (Å²) in [6.45, 7) is 4.55. The van der Waals surface area contributed by atoms with Crippen LogP contribution in [0.1, 0.15) is 23.7 Å². The van der Waals surface area contributed by atoms with Gasteiger partial charge in [-0.2, -0.15) is 5.10 Å². The first-order valence-corrected chi connectivity index (χ1v) is 8.47. The third-order valence-corrected chi connectivity index (χ3v) is 4.18. The van der Waals surface area contributed by atoms with Crippen molar-refractivity contribution in [2.45, 2.75) is 32.9 Å². The molecule has 0 aliphatic rings. The SMILES string of the molecule is Cc1cc(N(C)C)ccc1C[C@@H](C)NC(=O)COCc1ccnn1C. The Bertz CT molecular complexity index is 709. The summed E-state index contributed by atoms with van der Waals surface area (Å²) in [5.41, 5.74) is 4.60. The summed E-state index contributed by atoms with van der Waals surface area (Å²) in [5, 5.41) is 7.06. The van der Waals surface area contributed by atoms with Crippen LogP contribution in [0.5, 0.6) is 0 Å². The second-order valence-electron chi connectivity index (χ2n) is 6.62. The highest BCUT2D eigenvalue weighted by atomic mass is 16.5. The molecule has 1 aromatic carbocycles. The summed E-state index contributed by atoms with van der Waals surface area (Å²) in [4.78, 5) is 14.1. The average molecular weight is 344 g/mol. The van der Waals surface area contributed by atoms with Gasteiger partial charge in [0.1, 0.15) is 6.61 Å². The van der Waals surface area contributed by atoms with Gasteiger partial charge in [-0.05, 0) is 49.6 Å². The quantitative estimate of drug-likeness (QED) is 0.796. The van der Waals surface area contributed by atoms with Crippen LogP contribution in [0.25, 0.3) is 0 Å². The molecular formula is C19H28N4O2. The van der Waals surface area contributed by atoms with Crippen LogP contribution in [0, 0.1) is 6.92 Å². The molecule has 2 rings (SSSR count). The van der Waals surface area contributed by atoms with Crippen LogP contribution in [0.15, 0.2) is 30.5 Å². The number of rotatable bonds is 8. The van der Waals surface area contributed by atoms with Gasteiger partial charge in [0, 0.05) is 39.1 Å². The number of aryl methyl sites for hydroxylation is 2. The molecule has 0 saturated carbocycles. The number of anilines is 1. The molecule has 1 heterocycles. The number of hydrogen-bond donors (Lipinski definition) is 1. The predicted octanol–water partition coefficient (Wildman–Crippen LogP) is 2.06. The summed E-state index contributed by atoms with van der Waals surface area (Å²) in [5.74, 6) is -0.0998. The fourth-order valence-corrected chi connectivity index (χ4v) is 2.68. The van der Waals surface area contributed by atoms with Gasteiger partial charge in [0.05, 0.1) is 12.3 Å². The molecule has 1 aromatic heterocycles. The Labute approximate surface area is 149 Å². The fourth-order valence-electron chi connectivity index (χ4n) is 2.68. The van der Waals surface area contributed by atoms with Crippen molar-refractivity contribution in [3.63, 3.8) is 0 Å². The number of aromatic nitrogens is 2. The number of amides is 1. The monoisotopic (exact) mass is 344 g/mol. The Hall–Kier alpha value is -2.34. The Morgan fingerprint density at radius 2 is 2.12 bits per heavy atom. The molecule has 0 unspecified atom stereocenters. The van der Waals surface area contributed by atoms with Crippen LogP contribution in [0.3, 0.4) is 0 Å². The molecule has 0 saturated heterocycles. The zero-order valence-electron chi connectivity index (χ0n) is 15.7. The highest BCUT2D eigenvalue weighted by Crippen LogP contribution is 2.18. The Balaban J connectivity index is 1.78. The number of nitrogens with zero attached hydrogens (tertiary/aromatic N) is 3. The molecule has 25 heavy (non-hydrogen) atoms. The normalized spacial score (nSPS) is 12.0. The van der Waals surface area contributed by atoms with E-state index in [1.165, 1.54) is 16.8 Å². The number of benzene rings is 1. The van der Waals surface area contributed by atoms with E-state index in [1.54, 1.807) is 10.9 Å². The summed E-state index contributed by atoms with van der Waals surface area (Å²) in [6.07, 6.45) is 2.51. The lowest BCUT2D eigenvalue weighted by molar-refractivity contribution is -0.126. The van der Waals surface area contributed by atoms with E-state index in [9.17, 15) is 4.79 Å². The van der Waals surface area contributed by atoms with Crippen molar-refractivity contribution in [2.75, 3.05) is 25.6 Å². The van der Waals surface area contributed by atoms with E-state index in [4.69, 9.17) is 4.74 Å². The van der Waals surface area contributed by atoms with Gasteiger partial charge in [-0.1, -0.05) is 6.07 Å². The molecular weight excluding hydrogens is 316 g/mol. The van der Waals surface area contributed by atoms with Gasteiger partial charge >= 0.3 is 0 Å². The van der Waals surface area contributed by atoms with Gasteiger partial charge in [0.25, 0.3) is 0 Å². The van der Waals surface area contributed by atoms with Gasteiger partial charge in [0.2, 0.25) is 5.91 Å². The second-order valence-corrected chi connectivity index (χ2v) is 6.62. The van der Waals surface area contributed by atoms with E-state index in [2.05, 4.69) is 40.4 Å². The maximum atomic E-state index is 12.0. The third-order valence-electron chi connectivity index (χ3n) is 4.18. The van der Waals surface area contributed by atoms with E-state index in [-0.39, 0.29) is 18.6 Å². The van der Waals surface area contributed by atoms with Crippen LogP contribution in [-0.4, -0.2) is 42.4 Å². The molecule has 0 bridgehead atoms. The predicted molar refractivity (Wildman–Crippen MR) is 99.7 cm³/mol. The van der Waals surface area contributed by atoms with E-state index < -0.39 is 0 Å². The minimum Gasteiger partial charge on any atom is -0.378 e. The molecule has 0 aliphatic heterocycles. The standard InChI is InChI=1S/C19H28N4O2/c1-14-10-17(22(3)4)7-6-16(14)11-15(2)21-19(24)13-25-12-18-8-9-20-23(18)5/h6-10,15H,11-13H2,1-5H3,(H,21,24)/t15-/m1/s1. The molecule has 0 fully saturated rings. The molecule has 1 amide bonds. The van der Waals surface area contributed by atoms with Gasteiger partial charge in [-0.15, -0.1) is 0 Å². The first-order chi connectivity index (χ1) is 11.9. The molecule has 0 radical (unpaired) electrons. The number of ether oxygens (including phenoxy) is 1. The lowest BCUT2D eigenvalue weighted by Crippen LogP contribution is -2.36. The molecule has 6 nitrogen and oxygen atoms in total. The van der Waals surface area contributed by atoms with Crippen molar-refractivity contribution in [3.05, 3.63) is 47.3 Å². The molecule has 0 aliphatic carbocycles. The third kappa shape index (κ3) is 5.60. The number of nitrogens with one attached hydrogen (secondary N) is 1. The summed E-state index contributed by atoms with van der Waals surface area (Å²) < 4.78 is 7.20. The lowest BCUT2D eigenvalue weighted by atomic mass is 10.0. The minimum atomic E-state index is -0.0998. The topological polar surface area (TPSA) is 59.4 Å². The van der Waals surface area contributed by atoms with Crippen LogP contribution < -0.4 is 10.2 Å². The highest BCUT2D eigenvalue weighted by Gasteiger charge is 2.11. The van der Waals surface area contributed by atoms with Gasteiger partial charge < -0.3 is 15.0 Å². The molecule has 0 spiro atoms. The number of carbonyl (C=O) groups excluding carboxylic acids is 1. The van der Waals surface area contributed by atoms with Crippen LogP contribution >= 0.6 is 0 Å². The first kappa shape index (κ1) is 19.0. The van der Waals surface area contributed by atoms with E-state index >= 15 is 0 Å². The lowest BCUT2D eigenvalue weighted by Gasteiger charge is -2.18. The van der Waals surface area contributed by atoms with Crippen LogP contribution in [0.2, 0.25) is 0 Å². The second kappa shape index (κ2) is 8.67. The molecule has 2 aromatic rings. The molecule has 1 N–H and O–H groups in total. The Kier molecular flexibility index (Phi) is 6.58. The van der Waals surface area contributed by atoms with Crippen molar-refractivity contribution < 1.29 is 9.53 Å². The zero-order valence-corrected chi connectivity index (χ0v) is 15.7. The first-order valence-electron chi connectivity index (χ1n) is 8.47. The van der Waals surface area contributed by atoms with E-state index in [1.807, 2.05) is 34.1 Å². The van der Waals surface area contributed by atoms with E-state index in [0.717, 1.165) is 12.1 Å². The minimum absolute atomic E-state index is 0.0497. The van der Waals surface area contributed by atoms with Crippen molar-refractivity contribution in [1.29, 1.82) is 0 Å². The highest BCUT2D eigenvalue weighted by molar-refractivity contribution is 5.77. The molecule has 6 heteroatoms. The van der Waals surface area contributed by atoms with Crippen molar-refractivity contribution >= 4 is 11.6 Å².